The zero-order valence-corrected chi connectivity index (χ0v) is 10.9. The fourth-order valence-electron chi connectivity index (χ4n) is 3.30. The Morgan fingerprint density at radius 3 is 2.41 bits per heavy atom. The van der Waals surface area contributed by atoms with Gasteiger partial charge in [0.05, 0.1) is 11.7 Å². The summed E-state index contributed by atoms with van der Waals surface area (Å²) in [4.78, 5) is 0. The minimum absolute atomic E-state index is 0.0363. The zero-order chi connectivity index (χ0) is 12.6. The van der Waals surface area contributed by atoms with Crippen LogP contribution in [0.4, 0.5) is 0 Å². The Bertz CT molecular complexity index is 268. The standard InChI is InChI=1S/C12H22O5/c1-12(13)6-8(14-2)7-5-9(15-3)17-11(16-4)10(7)12/h7-11,13H,5-6H2,1-4H3/t7-,8+,9-,10-,11-,12-/m0/s1. The van der Waals surface area contributed by atoms with Crippen molar-refractivity contribution in [2.45, 2.75) is 44.1 Å². The van der Waals surface area contributed by atoms with Gasteiger partial charge in [0, 0.05) is 46.0 Å². The number of ether oxygens (including phenoxy) is 4. The van der Waals surface area contributed by atoms with Crippen molar-refractivity contribution in [2.24, 2.45) is 11.8 Å². The second kappa shape index (κ2) is 4.82. The molecule has 2 aliphatic rings. The first-order valence-corrected chi connectivity index (χ1v) is 5.99. The number of hydrogen-bond acceptors (Lipinski definition) is 5. The average Bonchev–Trinajstić information content (AvgIpc) is 2.59. The van der Waals surface area contributed by atoms with Crippen LogP contribution in [-0.2, 0) is 18.9 Å². The summed E-state index contributed by atoms with van der Waals surface area (Å²) in [5, 5.41) is 10.5. The van der Waals surface area contributed by atoms with Crippen LogP contribution in [0.15, 0.2) is 0 Å². The highest BCUT2D eigenvalue weighted by atomic mass is 16.8. The second-order valence-corrected chi connectivity index (χ2v) is 5.17. The van der Waals surface area contributed by atoms with Gasteiger partial charge in [-0.1, -0.05) is 0 Å². The lowest BCUT2D eigenvalue weighted by Gasteiger charge is -2.41. The number of aliphatic hydroxyl groups is 1. The van der Waals surface area contributed by atoms with Crippen molar-refractivity contribution in [3.8, 4) is 0 Å². The Morgan fingerprint density at radius 1 is 1.18 bits per heavy atom. The van der Waals surface area contributed by atoms with Gasteiger partial charge in [-0.2, -0.15) is 0 Å². The van der Waals surface area contributed by atoms with E-state index < -0.39 is 11.9 Å². The Labute approximate surface area is 102 Å². The molecule has 1 aliphatic carbocycles. The van der Waals surface area contributed by atoms with Gasteiger partial charge in [0.15, 0.2) is 12.6 Å². The Hall–Kier alpha value is -0.200. The molecule has 1 N–H and O–H groups in total. The van der Waals surface area contributed by atoms with Crippen LogP contribution in [0.2, 0.25) is 0 Å². The molecule has 1 saturated heterocycles. The van der Waals surface area contributed by atoms with E-state index in [1.165, 1.54) is 0 Å². The molecule has 1 aliphatic heterocycles. The number of fused-ring (bicyclic) bond motifs is 1. The monoisotopic (exact) mass is 246 g/mol. The molecule has 17 heavy (non-hydrogen) atoms. The van der Waals surface area contributed by atoms with E-state index in [4.69, 9.17) is 18.9 Å². The van der Waals surface area contributed by atoms with Crippen molar-refractivity contribution >= 4 is 0 Å². The molecule has 1 heterocycles. The second-order valence-electron chi connectivity index (χ2n) is 5.17. The molecule has 0 radical (unpaired) electrons. The molecular weight excluding hydrogens is 224 g/mol. The summed E-state index contributed by atoms with van der Waals surface area (Å²) >= 11 is 0. The smallest absolute Gasteiger partial charge is 0.166 e. The summed E-state index contributed by atoms with van der Waals surface area (Å²) < 4.78 is 21.7. The Kier molecular flexibility index (Phi) is 3.75. The molecule has 5 nitrogen and oxygen atoms in total. The minimum atomic E-state index is -0.815. The molecule has 2 fully saturated rings. The van der Waals surface area contributed by atoms with E-state index in [1.807, 2.05) is 6.92 Å². The molecule has 5 heteroatoms. The normalized spacial score (nSPS) is 50.3. The third kappa shape index (κ3) is 2.22. The van der Waals surface area contributed by atoms with E-state index in [0.717, 1.165) is 6.42 Å². The van der Waals surface area contributed by atoms with Crippen LogP contribution < -0.4 is 0 Å². The molecule has 6 atom stereocenters. The van der Waals surface area contributed by atoms with Crippen molar-refractivity contribution in [3.05, 3.63) is 0 Å². The van der Waals surface area contributed by atoms with E-state index in [0.29, 0.717) is 6.42 Å². The van der Waals surface area contributed by atoms with Gasteiger partial charge < -0.3 is 24.1 Å². The Morgan fingerprint density at radius 2 is 1.88 bits per heavy atom. The van der Waals surface area contributed by atoms with Crippen LogP contribution in [0.3, 0.4) is 0 Å². The summed E-state index contributed by atoms with van der Waals surface area (Å²) in [7, 11) is 4.89. The molecule has 0 spiro atoms. The third-order valence-electron chi connectivity index (χ3n) is 4.11. The lowest BCUT2D eigenvalue weighted by Crippen LogP contribution is -2.49. The highest BCUT2D eigenvalue weighted by Gasteiger charge is 2.57. The predicted octanol–water partition coefficient (Wildman–Crippen LogP) is 0.754. The zero-order valence-electron chi connectivity index (χ0n) is 10.9. The van der Waals surface area contributed by atoms with E-state index in [1.54, 1.807) is 21.3 Å². The molecule has 0 bridgehead atoms. The topological polar surface area (TPSA) is 57.2 Å². The molecule has 0 unspecified atom stereocenters. The average molecular weight is 246 g/mol. The van der Waals surface area contributed by atoms with Gasteiger partial charge >= 0.3 is 0 Å². The fraction of sp³-hybridized carbons (Fsp3) is 1.00. The SMILES string of the molecule is CO[C@@H]1C[C@@H]2[C@@H]([C@@H](OC)O1)[C@@](C)(O)C[C@H]2OC. The van der Waals surface area contributed by atoms with E-state index in [2.05, 4.69) is 0 Å². The summed E-state index contributed by atoms with van der Waals surface area (Å²) in [6, 6.07) is 0. The van der Waals surface area contributed by atoms with Gasteiger partial charge in [-0.15, -0.1) is 0 Å². The van der Waals surface area contributed by atoms with Crippen LogP contribution in [0.1, 0.15) is 19.8 Å². The number of rotatable bonds is 3. The van der Waals surface area contributed by atoms with Crippen molar-refractivity contribution in [2.75, 3.05) is 21.3 Å². The molecule has 0 aromatic carbocycles. The molecule has 2 rings (SSSR count). The summed E-state index contributed by atoms with van der Waals surface area (Å²) in [5.41, 5.74) is -0.815. The summed E-state index contributed by atoms with van der Waals surface area (Å²) in [6.45, 7) is 1.83. The van der Waals surface area contributed by atoms with Crippen molar-refractivity contribution in [3.63, 3.8) is 0 Å². The third-order valence-corrected chi connectivity index (χ3v) is 4.11. The summed E-state index contributed by atoms with van der Waals surface area (Å²) in [6.07, 6.45) is 0.657. The number of hydrogen-bond donors (Lipinski definition) is 1. The first-order valence-electron chi connectivity index (χ1n) is 5.99. The maximum absolute atomic E-state index is 10.5. The van der Waals surface area contributed by atoms with Gasteiger partial charge in [-0.05, 0) is 6.92 Å². The van der Waals surface area contributed by atoms with Crippen LogP contribution >= 0.6 is 0 Å². The van der Waals surface area contributed by atoms with E-state index in [-0.39, 0.29) is 24.2 Å². The first-order chi connectivity index (χ1) is 8.03. The molecule has 0 amide bonds. The van der Waals surface area contributed by atoms with E-state index >= 15 is 0 Å². The predicted molar refractivity (Wildman–Crippen MR) is 60.3 cm³/mol. The minimum Gasteiger partial charge on any atom is -0.390 e. The van der Waals surface area contributed by atoms with Crippen molar-refractivity contribution < 1.29 is 24.1 Å². The van der Waals surface area contributed by atoms with Gasteiger partial charge in [0.1, 0.15) is 0 Å². The van der Waals surface area contributed by atoms with Crippen LogP contribution in [0.25, 0.3) is 0 Å². The van der Waals surface area contributed by atoms with Gasteiger partial charge in [-0.3, -0.25) is 0 Å². The highest BCUT2D eigenvalue weighted by Crippen LogP contribution is 2.49. The fourth-order valence-corrected chi connectivity index (χ4v) is 3.30. The first kappa shape index (κ1) is 13.2. The highest BCUT2D eigenvalue weighted by molar-refractivity contribution is 5.03. The molecule has 100 valence electrons. The lowest BCUT2D eigenvalue weighted by atomic mass is 9.82. The molecular formula is C12H22O5. The van der Waals surface area contributed by atoms with Gasteiger partial charge in [-0.25, -0.2) is 0 Å². The van der Waals surface area contributed by atoms with Gasteiger partial charge in [0.25, 0.3) is 0 Å². The largest absolute Gasteiger partial charge is 0.390 e. The summed E-state index contributed by atoms with van der Waals surface area (Å²) in [5.74, 6) is 0.141. The molecule has 1 saturated carbocycles. The Balaban J connectivity index is 2.22. The van der Waals surface area contributed by atoms with Crippen molar-refractivity contribution in [1.29, 1.82) is 0 Å². The van der Waals surface area contributed by atoms with Crippen LogP contribution in [0, 0.1) is 11.8 Å². The molecule has 0 aromatic heterocycles. The van der Waals surface area contributed by atoms with Crippen LogP contribution in [-0.4, -0.2) is 50.7 Å². The lowest BCUT2D eigenvalue weighted by molar-refractivity contribution is -0.301. The van der Waals surface area contributed by atoms with Gasteiger partial charge in [0.2, 0.25) is 0 Å². The maximum Gasteiger partial charge on any atom is 0.166 e. The maximum atomic E-state index is 10.5. The number of methoxy groups -OCH3 is 3. The molecule has 0 aromatic rings. The quantitative estimate of drug-likeness (QED) is 0.796. The van der Waals surface area contributed by atoms with Crippen LogP contribution in [0.5, 0.6) is 0 Å². The van der Waals surface area contributed by atoms with Crippen molar-refractivity contribution in [1.82, 2.24) is 0 Å². The van der Waals surface area contributed by atoms with E-state index in [9.17, 15) is 5.11 Å².